The van der Waals surface area contributed by atoms with Gasteiger partial charge in [-0.25, -0.2) is 0 Å². The van der Waals surface area contributed by atoms with Crippen LogP contribution in [0.15, 0.2) is 42.5 Å². The number of aryl methyl sites for hydroxylation is 1. The Kier molecular flexibility index (Phi) is 6.53. The highest BCUT2D eigenvalue weighted by Gasteiger charge is 2.13. The second kappa shape index (κ2) is 9.06. The lowest BCUT2D eigenvalue weighted by Crippen LogP contribution is -2.45. The molecule has 2 aromatic carbocycles. The fraction of sp³-hybridized carbons (Fsp3) is 0.455. The Hall–Kier alpha value is -2.04. The van der Waals surface area contributed by atoms with E-state index in [1.165, 1.54) is 16.7 Å². The van der Waals surface area contributed by atoms with Crippen LogP contribution in [0.5, 0.6) is 5.75 Å². The first-order valence-corrected chi connectivity index (χ1v) is 9.55. The van der Waals surface area contributed by atoms with Crippen molar-refractivity contribution in [3.8, 4) is 5.75 Å². The van der Waals surface area contributed by atoms with Gasteiger partial charge in [0.05, 0.1) is 5.69 Å². The zero-order chi connectivity index (χ0) is 18.4. The van der Waals surface area contributed by atoms with Gasteiger partial charge in [0.1, 0.15) is 12.4 Å². The molecule has 2 aromatic rings. The molecule has 0 atom stereocenters. The summed E-state index contributed by atoms with van der Waals surface area (Å²) in [4.78, 5) is 4.86. The number of rotatable bonds is 7. The Bertz CT molecular complexity index is 708. The van der Waals surface area contributed by atoms with Crippen LogP contribution in [0, 0.1) is 13.8 Å². The number of anilines is 1. The van der Waals surface area contributed by atoms with E-state index in [-0.39, 0.29) is 0 Å². The molecule has 140 valence electrons. The van der Waals surface area contributed by atoms with Crippen molar-refractivity contribution >= 4 is 5.69 Å². The summed E-state index contributed by atoms with van der Waals surface area (Å²) in [6.07, 6.45) is 0. The maximum absolute atomic E-state index is 6.09. The molecule has 0 bridgehead atoms. The zero-order valence-electron chi connectivity index (χ0n) is 16.3. The van der Waals surface area contributed by atoms with Crippen molar-refractivity contribution < 1.29 is 4.74 Å². The molecule has 0 aliphatic carbocycles. The van der Waals surface area contributed by atoms with Crippen LogP contribution in [0.4, 0.5) is 5.69 Å². The van der Waals surface area contributed by atoms with Gasteiger partial charge in [-0.3, -0.25) is 4.90 Å². The fourth-order valence-corrected chi connectivity index (χ4v) is 3.29. The van der Waals surface area contributed by atoms with Crippen LogP contribution in [0.2, 0.25) is 0 Å². The highest BCUT2D eigenvalue weighted by Crippen LogP contribution is 2.25. The van der Waals surface area contributed by atoms with Crippen LogP contribution < -0.4 is 10.1 Å². The molecule has 4 nitrogen and oxygen atoms in total. The highest BCUT2D eigenvalue weighted by molar-refractivity contribution is 5.56. The third kappa shape index (κ3) is 4.99. The summed E-state index contributed by atoms with van der Waals surface area (Å²) in [5.41, 5.74) is 5.08. The molecule has 0 amide bonds. The van der Waals surface area contributed by atoms with Crippen LogP contribution in [-0.2, 0) is 6.54 Å². The lowest BCUT2D eigenvalue weighted by atomic mass is 10.0. The van der Waals surface area contributed by atoms with Gasteiger partial charge >= 0.3 is 0 Å². The SMILES string of the molecule is Cc1cccc(CNc2ccccc2OCCN2CCN(C)CC2)c1C. The average Bonchev–Trinajstić information content (AvgIpc) is 2.65. The summed E-state index contributed by atoms with van der Waals surface area (Å²) in [7, 11) is 2.19. The Balaban J connectivity index is 1.53. The number of benzene rings is 2. The number of nitrogens with one attached hydrogen (secondary N) is 1. The topological polar surface area (TPSA) is 27.7 Å². The van der Waals surface area contributed by atoms with Crippen molar-refractivity contribution in [3.63, 3.8) is 0 Å². The molecule has 1 aliphatic heterocycles. The van der Waals surface area contributed by atoms with Crippen molar-refractivity contribution in [3.05, 3.63) is 59.2 Å². The van der Waals surface area contributed by atoms with E-state index in [0.29, 0.717) is 0 Å². The Morgan fingerprint density at radius 1 is 0.962 bits per heavy atom. The minimum atomic E-state index is 0.728. The number of nitrogens with zero attached hydrogens (tertiary/aromatic N) is 2. The van der Waals surface area contributed by atoms with Crippen LogP contribution in [-0.4, -0.2) is 56.2 Å². The van der Waals surface area contributed by atoms with Crippen LogP contribution in [0.3, 0.4) is 0 Å². The van der Waals surface area contributed by atoms with E-state index < -0.39 is 0 Å². The van der Waals surface area contributed by atoms with Crippen molar-refractivity contribution in [1.29, 1.82) is 0 Å². The summed E-state index contributed by atoms with van der Waals surface area (Å²) in [6.45, 7) is 11.4. The van der Waals surface area contributed by atoms with Gasteiger partial charge in [-0.05, 0) is 49.7 Å². The average molecular weight is 354 g/mol. The molecule has 1 N–H and O–H groups in total. The van der Waals surface area contributed by atoms with Crippen LogP contribution >= 0.6 is 0 Å². The molecule has 1 aliphatic rings. The van der Waals surface area contributed by atoms with Gasteiger partial charge in [0.2, 0.25) is 0 Å². The molecule has 0 unspecified atom stereocenters. The summed E-state index contributed by atoms with van der Waals surface area (Å²) in [5.74, 6) is 0.937. The lowest BCUT2D eigenvalue weighted by Gasteiger charge is -2.32. The molecular formula is C22H31N3O. The number of likely N-dealkylation sites (N-methyl/N-ethyl adjacent to an activating group) is 1. The van der Waals surface area contributed by atoms with Crippen molar-refractivity contribution in [2.24, 2.45) is 0 Å². The second-order valence-corrected chi connectivity index (χ2v) is 7.20. The second-order valence-electron chi connectivity index (χ2n) is 7.20. The number of hydrogen-bond donors (Lipinski definition) is 1. The van der Waals surface area contributed by atoms with Crippen LogP contribution in [0.25, 0.3) is 0 Å². The molecule has 0 saturated carbocycles. The number of piperazine rings is 1. The summed E-state index contributed by atoms with van der Waals surface area (Å²) >= 11 is 0. The van der Waals surface area contributed by atoms with E-state index >= 15 is 0 Å². The molecule has 1 saturated heterocycles. The van der Waals surface area contributed by atoms with Crippen molar-refractivity contribution in [1.82, 2.24) is 9.80 Å². The predicted octanol–water partition coefficient (Wildman–Crippen LogP) is 3.54. The molecule has 1 heterocycles. The summed E-state index contributed by atoms with van der Waals surface area (Å²) < 4.78 is 6.09. The maximum atomic E-state index is 6.09. The van der Waals surface area contributed by atoms with Gasteiger partial charge in [0.15, 0.2) is 0 Å². The van der Waals surface area contributed by atoms with E-state index in [4.69, 9.17) is 4.74 Å². The predicted molar refractivity (Wildman–Crippen MR) is 109 cm³/mol. The molecule has 0 radical (unpaired) electrons. The van der Waals surface area contributed by atoms with E-state index in [0.717, 1.165) is 57.3 Å². The van der Waals surface area contributed by atoms with Gasteiger partial charge < -0.3 is 15.0 Å². The van der Waals surface area contributed by atoms with E-state index in [2.05, 4.69) is 72.4 Å². The van der Waals surface area contributed by atoms with Gasteiger partial charge in [-0.15, -0.1) is 0 Å². The Morgan fingerprint density at radius 3 is 2.54 bits per heavy atom. The first-order valence-electron chi connectivity index (χ1n) is 9.55. The highest BCUT2D eigenvalue weighted by atomic mass is 16.5. The van der Waals surface area contributed by atoms with Gasteiger partial charge in [0.25, 0.3) is 0 Å². The van der Waals surface area contributed by atoms with E-state index in [1.807, 2.05) is 6.07 Å². The van der Waals surface area contributed by atoms with Gasteiger partial charge in [0, 0.05) is 39.3 Å². The van der Waals surface area contributed by atoms with E-state index in [9.17, 15) is 0 Å². The summed E-state index contributed by atoms with van der Waals surface area (Å²) in [5, 5.41) is 3.55. The quantitative estimate of drug-likeness (QED) is 0.824. The molecule has 4 heteroatoms. The van der Waals surface area contributed by atoms with E-state index in [1.54, 1.807) is 0 Å². The molecular weight excluding hydrogens is 322 g/mol. The van der Waals surface area contributed by atoms with Crippen molar-refractivity contribution in [2.75, 3.05) is 51.7 Å². The molecule has 26 heavy (non-hydrogen) atoms. The number of para-hydroxylation sites is 2. The lowest BCUT2D eigenvalue weighted by molar-refractivity contribution is 0.134. The van der Waals surface area contributed by atoms with Gasteiger partial charge in [-0.1, -0.05) is 30.3 Å². The van der Waals surface area contributed by atoms with Crippen molar-refractivity contribution in [2.45, 2.75) is 20.4 Å². The molecule has 0 aromatic heterocycles. The van der Waals surface area contributed by atoms with Gasteiger partial charge in [-0.2, -0.15) is 0 Å². The standard InChI is InChI=1S/C22H31N3O/c1-18-7-6-8-20(19(18)2)17-23-21-9-4-5-10-22(21)26-16-15-25-13-11-24(3)12-14-25/h4-10,23H,11-17H2,1-3H3. The maximum Gasteiger partial charge on any atom is 0.142 e. The first-order chi connectivity index (χ1) is 12.6. The number of hydrogen-bond acceptors (Lipinski definition) is 4. The monoisotopic (exact) mass is 353 g/mol. The minimum absolute atomic E-state index is 0.728. The zero-order valence-corrected chi connectivity index (χ0v) is 16.3. The van der Waals surface area contributed by atoms with Crippen LogP contribution in [0.1, 0.15) is 16.7 Å². The first kappa shape index (κ1) is 18.7. The third-order valence-corrected chi connectivity index (χ3v) is 5.33. The normalized spacial score (nSPS) is 15.8. The smallest absolute Gasteiger partial charge is 0.142 e. The summed E-state index contributed by atoms with van der Waals surface area (Å²) in [6, 6.07) is 14.7. The third-order valence-electron chi connectivity index (χ3n) is 5.33. The Morgan fingerprint density at radius 2 is 1.73 bits per heavy atom. The fourth-order valence-electron chi connectivity index (χ4n) is 3.29. The minimum Gasteiger partial charge on any atom is -0.490 e. The molecule has 3 rings (SSSR count). The number of ether oxygens (including phenoxy) is 1. The molecule has 1 fully saturated rings. The molecule has 0 spiro atoms. The Labute approximate surface area is 157 Å². The largest absolute Gasteiger partial charge is 0.490 e.